The lowest BCUT2D eigenvalue weighted by molar-refractivity contribution is -0.142. The van der Waals surface area contributed by atoms with Crippen molar-refractivity contribution in [1.82, 2.24) is 16.0 Å². The standard InChI is InChI=1S/C20H31N5O6/c21-9-5-4-8-15(20(30)31)25-19(29)16(10-13-6-2-1-3-7-13)24-17(27)11-23-18(28)14(22)12-26/h1-3,6-7,14-16,26H,4-5,8-12,21-22H2,(H,23,28)(H,24,27)(H,25,29)(H,30,31). The molecule has 1 aromatic rings. The zero-order valence-corrected chi connectivity index (χ0v) is 17.3. The van der Waals surface area contributed by atoms with Crippen LogP contribution in [0.1, 0.15) is 24.8 Å². The van der Waals surface area contributed by atoms with E-state index in [1.807, 2.05) is 0 Å². The van der Waals surface area contributed by atoms with Crippen LogP contribution in [0, 0.1) is 0 Å². The van der Waals surface area contributed by atoms with Crippen LogP contribution in [0.3, 0.4) is 0 Å². The predicted molar refractivity (Wildman–Crippen MR) is 113 cm³/mol. The molecule has 0 saturated heterocycles. The second-order valence-electron chi connectivity index (χ2n) is 7.00. The van der Waals surface area contributed by atoms with Gasteiger partial charge in [-0.1, -0.05) is 30.3 Å². The molecule has 0 bridgehead atoms. The number of nitrogens with one attached hydrogen (secondary N) is 3. The van der Waals surface area contributed by atoms with Crippen LogP contribution >= 0.6 is 0 Å². The van der Waals surface area contributed by atoms with Gasteiger partial charge in [0.25, 0.3) is 0 Å². The summed E-state index contributed by atoms with van der Waals surface area (Å²) < 4.78 is 0. The largest absolute Gasteiger partial charge is 0.480 e. The maximum atomic E-state index is 12.8. The number of unbranched alkanes of at least 4 members (excludes halogenated alkanes) is 1. The Bertz CT molecular complexity index is 730. The Morgan fingerprint density at radius 2 is 1.65 bits per heavy atom. The van der Waals surface area contributed by atoms with Crippen molar-refractivity contribution in [2.45, 2.75) is 43.8 Å². The van der Waals surface area contributed by atoms with Gasteiger partial charge in [-0.25, -0.2) is 4.79 Å². The van der Waals surface area contributed by atoms with E-state index in [4.69, 9.17) is 16.6 Å². The van der Waals surface area contributed by atoms with Crippen LogP contribution in [-0.2, 0) is 25.6 Å². The molecule has 0 heterocycles. The minimum absolute atomic E-state index is 0.123. The molecule has 11 heteroatoms. The van der Waals surface area contributed by atoms with Crippen molar-refractivity contribution in [2.24, 2.45) is 11.5 Å². The minimum Gasteiger partial charge on any atom is -0.480 e. The van der Waals surface area contributed by atoms with E-state index in [1.54, 1.807) is 30.3 Å². The highest BCUT2D eigenvalue weighted by molar-refractivity contribution is 5.92. The zero-order chi connectivity index (χ0) is 23.2. The van der Waals surface area contributed by atoms with Crippen molar-refractivity contribution in [3.63, 3.8) is 0 Å². The number of aliphatic hydroxyl groups excluding tert-OH is 1. The van der Waals surface area contributed by atoms with Gasteiger partial charge in [0, 0.05) is 6.42 Å². The van der Waals surface area contributed by atoms with Crippen LogP contribution in [0.25, 0.3) is 0 Å². The summed E-state index contributed by atoms with van der Waals surface area (Å²) in [5.74, 6) is -3.21. The van der Waals surface area contributed by atoms with E-state index in [0.29, 0.717) is 19.4 Å². The van der Waals surface area contributed by atoms with Gasteiger partial charge in [0.2, 0.25) is 17.7 Å². The average Bonchev–Trinajstić information content (AvgIpc) is 2.76. The third-order valence-electron chi connectivity index (χ3n) is 4.45. The van der Waals surface area contributed by atoms with E-state index in [1.165, 1.54) is 0 Å². The second kappa shape index (κ2) is 14.1. The number of rotatable bonds is 14. The molecule has 1 rings (SSSR count). The van der Waals surface area contributed by atoms with Crippen LogP contribution in [-0.4, -0.2) is 71.7 Å². The first-order valence-electron chi connectivity index (χ1n) is 9.99. The predicted octanol–water partition coefficient (Wildman–Crippen LogP) is -2.15. The molecule has 0 aliphatic rings. The summed E-state index contributed by atoms with van der Waals surface area (Å²) in [6, 6.07) is 5.54. The van der Waals surface area contributed by atoms with Crippen LogP contribution in [0.4, 0.5) is 0 Å². The molecule has 3 unspecified atom stereocenters. The number of amides is 3. The van der Waals surface area contributed by atoms with Gasteiger partial charge in [-0.05, 0) is 31.4 Å². The van der Waals surface area contributed by atoms with Gasteiger partial charge in [0.1, 0.15) is 18.1 Å². The molecule has 11 nitrogen and oxygen atoms in total. The molecule has 0 radical (unpaired) electrons. The number of hydrogen-bond donors (Lipinski definition) is 7. The maximum Gasteiger partial charge on any atom is 0.326 e. The van der Waals surface area contributed by atoms with Crippen LogP contribution in [0.2, 0.25) is 0 Å². The highest BCUT2D eigenvalue weighted by atomic mass is 16.4. The second-order valence-corrected chi connectivity index (χ2v) is 7.00. The van der Waals surface area contributed by atoms with Gasteiger partial charge in [0.05, 0.1) is 13.2 Å². The van der Waals surface area contributed by atoms with Crippen molar-refractivity contribution in [3.8, 4) is 0 Å². The molecule has 0 aliphatic carbocycles. The van der Waals surface area contributed by atoms with E-state index in [9.17, 15) is 24.3 Å². The number of aliphatic hydroxyl groups is 1. The fourth-order valence-electron chi connectivity index (χ4n) is 2.71. The van der Waals surface area contributed by atoms with Gasteiger partial charge in [0.15, 0.2) is 0 Å². The number of nitrogens with two attached hydrogens (primary N) is 2. The molecule has 3 atom stereocenters. The normalized spacial score (nSPS) is 13.5. The summed E-state index contributed by atoms with van der Waals surface area (Å²) in [5.41, 5.74) is 11.5. The Kier molecular flexibility index (Phi) is 11.8. The molecule has 0 aliphatic heterocycles. The lowest BCUT2D eigenvalue weighted by Gasteiger charge is -2.22. The van der Waals surface area contributed by atoms with E-state index >= 15 is 0 Å². The van der Waals surface area contributed by atoms with E-state index < -0.39 is 55.0 Å². The maximum absolute atomic E-state index is 12.8. The number of carbonyl (C=O) groups is 4. The molecule has 0 saturated carbocycles. The lowest BCUT2D eigenvalue weighted by atomic mass is 10.0. The number of carboxylic acid groups (broad SMARTS) is 1. The Balaban J connectivity index is 2.82. The topological polar surface area (TPSA) is 197 Å². The molecule has 31 heavy (non-hydrogen) atoms. The quantitative estimate of drug-likeness (QED) is 0.160. The Labute approximate surface area is 180 Å². The van der Waals surface area contributed by atoms with Gasteiger partial charge >= 0.3 is 5.97 Å². The van der Waals surface area contributed by atoms with Gasteiger partial charge in [-0.2, -0.15) is 0 Å². The van der Waals surface area contributed by atoms with Crippen molar-refractivity contribution in [1.29, 1.82) is 0 Å². The van der Waals surface area contributed by atoms with Crippen LogP contribution < -0.4 is 27.4 Å². The van der Waals surface area contributed by atoms with Crippen molar-refractivity contribution < 1.29 is 29.4 Å². The number of benzene rings is 1. The summed E-state index contributed by atoms with van der Waals surface area (Å²) in [4.78, 5) is 48.1. The Morgan fingerprint density at radius 1 is 0.968 bits per heavy atom. The fourth-order valence-corrected chi connectivity index (χ4v) is 2.71. The van der Waals surface area contributed by atoms with Crippen molar-refractivity contribution in [2.75, 3.05) is 19.7 Å². The van der Waals surface area contributed by atoms with Gasteiger partial charge in [-0.15, -0.1) is 0 Å². The molecule has 0 aromatic heterocycles. The molecule has 3 amide bonds. The first-order chi connectivity index (χ1) is 14.8. The van der Waals surface area contributed by atoms with Crippen molar-refractivity contribution in [3.05, 3.63) is 35.9 Å². The molecular formula is C20H31N5O6. The molecule has 0 fully saturated rings. The summed E-state index contributed by atoms with van der Waals surface area (Å²) in [7, 11) is 0. The summed E-state index contributed by atoms with van der Waals surface area (Å²) in [6.45, 7) is -0.615. The lowest BCUT2D eigenvalue weighted by Crippen LogP contribution is -2.54. The first-order valence-corrected chi connectivity index (χ1v) is 9.99. The highest BCUT2D eigenvalue weighted by Gasteiger charge is 2.26. The van der Waals surface area contributed by atoms with E-state index in [0.717, 1.165) is 5.56 Å². The van der Waals surface area contributed by atoms with Crippen molar-refractivity contribution >= 4 is 23.7 Å². The average molecular weight is 437 g/mol. The van der Waals surface area contributed by atoms with E-state index in [2.05, 4.69) is 16.0 Å². The zero-order valence-electron chi connectivity index (χ0n) is 17.3. The fraction of sp³-hybridized carbons (Fsp3) is 0.500. The number of carbonyl (C=O) groups excluding carboxylic acids is 3. The molecule has 0 spiro atoms. The summed E-state index contributed by atoms with van der Waals surface area (Å²) in [6.07, 6.45) is 1.48. The molecule has 1 aromatic carbocycles. The Morgan fingerprint density at radius 3 is 2.23 bits per heavy atom. The number of aliphatic carboxylic acids is 1. The number of hydrogen-bond acceptors (Lipinski definition) is 7. The van der Waals surface area contributed by atoms with E-state index in [-0.39, 0.29) is 12.8 Å². The number of carboxylic acids is 1. The van der Waals surface area contributed by atoms with Crippen LogP contribution in [0.5, 0.6) is 0 Å². The molecule has 9 N–H and O–H groups in total. The van der Waals surface area contributed by atoms with Gasteiger partial charge in [-0.3, -0.25) is 14.4 Å². The highest BCUT2D eigenvalue weighted by Crippen LogP contribution is 2.06. The third-order valence-corrected chi connectivity index (χ3v) is 4.45. The molecule has 172 valence electrons. The Hall–Kier alpha value is -3.02. The van der Waals surface area contributed by atoms with Crippen LogP contribution in [0.15, 0.2) is 30.3 Å². The van der Waals surface area contributed by atoms with Gasteiger partial charge < -0.3 is 37.6 Å². The third kappa shape index (κ3) is 10.0. The molecular weight excluding hydrogens is 406 g/mol. The first kappa shape index (κ1) is 26.0. The SMILES string of the molecule is NCCCCC(NC(=O)C(Cc1ccccc1)NC(=O)CNC(=O)C(N)CO)C(=O)O. The summed E-state index contributed by atoms with van der Waals surface area (Å²) >= 11 is 0. The summed E-state index contributed by atoms with van der Waals surface area (Å²) in [5, 5.41) is 25.5. The monoisotopic (exact) mass is 437 g/mol. The minimum atomic E-state index is -1.18. The smallest absolute Gasteiger partial charge is 0.326 e.